The van der Waals surface area contributed by atoms with E-state index in [1.54, 1.807) is 16.7 Å². The minimum Gasteiger partial charge on any atom is -0.345 e. The molecule has 1 saturated heterocycles. The number of aryl methyl sites for hydroxylation is 1. The van der Waals surface area contributed by atoms with Crippen molar-refractivity contribution in [3.05, 3.63) is 29.8 Å². The Balaban J connectivity index is 1.78. The fourth-order valence-electron chi connectivity index (χ4n) is 2.78. The lowest BCUT2D eigenvalue weighted by atomic mass is 9.96. The van der Waals surface area contributed by atoms with E-state index in [1.807, 2.05) is 18.9 Å². The molecule has 1 aliphatic heterocycles. The highest BCUT2D eigenvalue weighted by Gasteiger charge is 2.30. The second kappa shape index (κ2) is 8.39. The lowest BCUT2D eigenvalue weighted by Crippen LogP contribution is -2.46. The highest BCUT2D eigenvalue weighted by atomic mass is 32.2. The van der Waals surface area contributed by atoms with E-state index in [2.05, 4.69) is 31.2 Å². The van der Waals surface area contributed by atoms with Crippen LogP contribution in [0.2, 0.25) is 0 Å². The van der Waals surface area contributed by atoms with Crippen molar-refractivity contribution in [2.45, 2.75) is 31.6 Å². The predicted molar refractivity (Wildman–Crippen MR) is 94.5 cm³/mol. The van der Waals surface area contributed by atoms with Crippen molar-refractivity contribution in [3.8, 4) is 0 Å². The maximum absolute atomic E-state index is 12.5. The first-order valence-electron chi connectivity index (χ1n) is 8.23. The van der Waals surface area contributed by atoms with E-state index in [0.29, 0.717) is 25.9 Å². The normalized spacial score (nSPS) is 18.1. The Hall–Kier alpha value is -1.49. The van der Waals surface area contributed by atoms with Crippen LogP contribution in [0.25, 0.3) is 0 Å². The number of rotatable bonds is 6. The number of benzene rings is 1. The van der Waals surface area contributed by atoms with Gasteiger partial charge in [0.25, 0.3) is 0 Å². The summed E-state index contributed by atoms with van der Waals surface area (Å²) in [6.45, 7) is 6.04. The Labute approximate surface area is 143 Å². The molecule has 1 heterocycles. The van der Waals surface area contributed by atoms with Crippen molar-refractivity contribution in [1.82, 2.24) is 9.80 Å². The van der Waals surface area contributed by atoms with Crippen LogP contribution in [0.1, 0.15) is 25.3 Å². The minimum absolute atomic E-state index is 0.0398. The quantitative estimate of drug-likeness (QED) is 0.751. The topological polar surface area (TPSA) is 40.6 Å². The summed E-state index contributed by atoms with van der Waals surface area (Å²) in [5.41, 5.74) is 1.26. The number of nitrogens with zero attached hydrogens (tertiary/aromatic N) is 2. The molecule has 1 fully saturated rings. The zero-order chi connectivity index (χ0) is 16.8. The van der Waals surface area contributed by atoms with Gasteiger partial charge in [-0.3, -0.25) is 9.59 Å². The van der Waals surface area contributed by atoms with Crippen molar-refractivity contribution in [3.63, 3.8) is 0 Å². The monoisotopic (exact) mass is 334 g/mol. The highest BCUT2D eigenvalue weighted by Crippen LogP contribution is 2.21. The molecule has 2 rings (SSSR count). The van der Waals surface area contributed by atoms with Crippen LogP contribution in [0.5, 0.6) is 0 Å². The van der Waals surface area contributed by atoms with Crippen LogP contribution in [0.4, 0.5) is 0 Å². The molecule has 0 aliphatic carbocycles. The lowest BCUT2D eigenvalue weighted by molar-refractivity contribution is -0.141. The van der Waals surface area contributed by atoms with Crippen LogP contribution >= 0.6 is 11.8 Å². The van der Waals surface area contributed by atoms with Crippen molar-refractivity contribution in [1.29, 1.82) is 0 Å². The van der Waals surface area contributed by atoms with Crippen LogP contribution in [-0.2, 0) is 9.59 Å². The summed E-state index contributed by atoms with van der Waals surface area (Å²) in [7, 11) is 1.87. The van der Waals surface area contributed by atoms with Crippen LogP contribution in [-0.4, -0.2) is 54.0 Å². The molecular formula is C18H26N2O2S. The molecule has 1 aromatic carbocycles. The molecule has 0 unspecified atom stereocenters. The second-order valence-electron chi connectivity index (χ2n) is 6.09. The number of carbonyl (C=O) groups is 2. The van der Waals surface area contributed by atoms with E-state index in [-0.39, 0.29) is 17.7 Å². The van der Waals surface area contributed by atoms with Gasteiger partial charge in [-0.15, -0.1) is 11.8 Å². The van der Waals surface area contributed by atoms with E-state index < -0.39 is 0 Å². The molecule has 5 heteroatoms. The third-order valence-corrected chi connectivity index (χ3v) is 5.32. The first-order chi connectivity index (χ1) is 11.0. The van der Waals surface area contributed by atoms with Crippen molar-refractivity contribution >= 4 is 23.6 Å². The van der Waals surface area contributed by atoms with E-state index in [9.17, 15) is 9.59 Å². The third kappa shape index (κ3) is 4.99. The van der Waals surface area contributed by atoms with Gasteiger partial charge < -0.3 is 9.80 Å². The van der Waals surface area contributed by atoms with E-state index in [4.69, 9.17) is 0 Å². The summed E-state index contributed by atoms with van der Waals surface area (Å²) in [5, 5.41) is 0. The van der Waals surface area contributed by atoms with Gasteiger partial charge in [-0.25, -0.2) is 0 Å². The summed E-state index contributed by atoms with van der Waals surface area (Å²) in [6, 6.07) is 8.45. The molecule has 0 spiro atoms. The second-order valence-corrected chi connectivity index (χ2v) is 7.26. The van der Waals surface area contributed by atoms with Gasteiger partial charge in [0.15, 0.2) is 0 Å². The van der Waals surface area contributed by atoms with Gasteiger partial charge in [-0.1, -0.05) is 17.7 Å². The van der Waals surface area contributed by atoms with E-state index >= 15 is 0 Å². The Kier molecular flexibility index (Phi) is 6.51. The largest absolute Gasteiger partial charge is 0.345 e. The van der Waals surface area contributed by atoms with Crippen molar-refractivity contribution in [2.75, 3.05) is 32.4 Å². The Bertz CT molecular complexity index is 544. The van der Waals surface area contributed by atoms with Gasteiger partial charge in [-0.2, -0.15) is 0 Å². The fraction of sp³-hybridized carbons (Fsp3) is 0.556. The van der Waals surface area contributed by atoms with Crippen molar-refractivity contribution in [2.24, 2.45) is 5.92 Å². The SMILES string of the molecule is CCN1C[C@H](C(=O)N(C)CCSc2ccc(C)cc2)CCC1=O. The average molecular weight is 334 g/mol. The van der Waals surface area contributed by atoms with Gasteiger partial charge in [0.2, 0.25) is 11.8 Å². The zero-order valence-corrected chi connectivity index (χ0v) is 15.1. The number of amides is 2. The molecule has 0 aromatic heterocycles. The number of carbonyl (C=O) groups excluding carboxylic acids is 2. The van der Waals surface area contributed by atoms with Gasteiger partial charge in [-0.05, 0) is 32.4 Å². The van der Waals surface area contributed by atoms with Gasteiger partial charge in [0, 0.05) is 43.8 Å². The number of hydrogen-bond donors (Lipinski definition) is 0. The Morgan fingerprint density at radius 3 is 2.70 bits per heavy atom. The molecule has 4 nitrogen and oxygen atoms in total. The smallest absolute Gasteiger partial charge is 0.227 e. The first-order valence-corrected chi connectivity index (χ1v) is 9.22. The van der Waals surface area contributed by atoms with Crippen molar-refractivity contribution < 1.29 is 9.59 Å². The number of piperidine rings is 1. The van der Waals surface area contributed by atoms with E-state index in [0.717, 1.165) is 12.3 Å². The molecule has 2 amide bonds. The minimum atomic E-state index is -0.0398. The van der Waals surface area contributed by atoms with Gasteiger partial charge in [0.1, 0.15) is 0 Å². The molecule has 0 radical (unpaired) electrons. The molecule has 1 aliphatic rings. The first kappa shape index (κ1) is 17.9. The van der Waals surface area contributed by atoms with Crippen LogP contribution in [0.3, 0.4) is 0 Å². The van der Waals surface area contributed by atoms with Gasteiger partial charge in [0.05, 0.1) is 5.92 Å². The van der Waals surface area contributed by atoms with Crippen LogP contribution in [0, 0.1) is 12.8 Å². The van der Waals surface area contributed by atoms with Gasteiger partial charge >= 0.3 is 0 Å². The Morgan fingerprint density at radius 1 is 1.35 bits per heavy atom. The predicted octanol–water partition coefficient (Wildman–Crippen LogP) is 2.80. The molecule has 1 aromatic rings. The molecule has 126 valence electrons. The summed E-state index contributed by atoms with van der Waals surface area (Å²) in [4.78, 5) is 29.1. The lowest BCUT2D eigenvalue weighted by Gasteiger charge is -2.33. The fourth-order valence-corrected chi connectivity index (χ4v) is 3.71. The molecule has 0 saturated carbocycles. The number of thioether (sulfide) groups is 1. The summed E-state index contributed by atoms with van der Waals surface area (Å²) in [6.07, 6.45) is 1.18. The summed E-state index contributed by atoms with van der Waals surface area (Å²) < 4.78 is 0. The molecule has 0 bridgehead atoms. The van der Waals surface area contributed by atoms with E-state index in [1.165, 1.54) is 10.5 Å². The Morgan fingerprint density at radius 2 is 2.04 bits per heavy atom. The standard InChI is InChI=1S/C18H26N2O2S/c1-4-20-13-15(7-10-17(20)21)18(22)19(3)11-12-23-16-8-5-14(2)6-9-16/h5-6,8-9,15H,4,7,10-13H2,1-3H3/t15-/m1/s1. The number of hydrogen-bond acceptors (Lipinski definition) is 3. The molecule has 0 N–H and O–H groups in total. The average Bonchev–Trinajstić information content (AvgIpc) is 2.56. The van der Waals surface area contributed by atoms with Crippen LogP contribution < -0.4 is 0 Å². The maximum atomic E-state index is 12.5. The number of likely N-dealkylation sites (tertiary alicyclic amines) is 1. The zero-order valence-electron chi connectivity index (χ0n) is 14.2. The molecule has 23 heavy (non-hydrogen) atoms. The summed E-state index contributed by atoms with van der Waals surface area (Å²) in [5.74, 6) is 1.19. The highest BCUT2D eigenvalue weighted by molar-refractivity contribution is 7.99. The summed E-state index contributed by atoms with van der Waals surface area (Å²) >= 11 is 1.77. The molecular weight excluding hydrogens is 308 g/mol. The van der Waals surface area contributed by atoms with Crippen LogP contribution in [0.15, 0.2) is 29.2 Å². The maximum Gasteiger partial charge on any atom is 0.227 e. The third-order valence-electron chi connectivity index (χ3n) is 4.32. The molecule has 1 atom stereocenters.